The molecule has 5 heteroatoms. The summed E-state index contributed by atoms with van der Waals surface area (Å²) in [6.07, 6.45) is -0.797. The molecule has 0 aliphatic rings. The summed E-state index contributed by atoms with van der Waals surface area (Å²) in [5.74, 6) is -0.275. The summed E-state index contributed by atoms with van der Waals surface area (Å²) in [6.45, 7) is 0.283. The Bertz CT molecular complexity index is 583. The number of hydrogen-bond acceptors (Lipinski definition) is 2. The van der Waals surface area contributed by atoms with Gasteiger partial charge in [-0.1, -0.05) is 46.9 Å². The van der Waals surface area contributed by atoms with Gasteiger partial charge in [-0.25, -0.2) is 0 Å². The van der Waals surface area contributed by atoms with E-state index in [4.69, 9.17) is 40.5 Å². The van der Waals surface area contributed by atoms with E-state index in [0.717, 1.165) is 5.56 Å². The van der Waals surface area contributed by atoms with Gasteiger partial charge in [0, 0.05) is 27.5 Å². The Hall–Kier alpha value is -0.770. The third-order valence-electron chi connectivity index (χ3n) is 3.14. The van der Waals surface area contributed by atoms with E-state index in [1.54, 1.807) is 30.3 Å². The summed E-state index contributed by atoms with van der Waals surface area (Å²) in [5, 5.41) is 12.1. The van der Waals surface area contributed by atoms with Gasteiger partial charge in [0.25, 0.3) is 0 Å². The first kappa shape index (κ1) is 15.6. The van der Waals surface area contributed by atoms with Crippen LogP contribution in [0.15, 0.2) is 42.5 Å². The lowest BCUT2D eigenvalue weighted by Crippen LogP contribution is -2.20. The van der Waals surface area contributed by atoms with Gasteiger partial charge in [0.15, 0.2) is 0 Å². The molecule has 0 heterocycles. The highest BCUT2D eigenvalue weighted by Crippen LogP contribution is 2.33. The topological polar surface area (TPSA) is 46.2 Å². The smallest absolute Gasteiger partial charge is 0.0871 e. The van der Waals surface area contributed by atoms with Gasteiger partial charge in [-0.15, -0.1) is 0 Å². The summed E-state index contributed by atoms with van der Waals surface area (Å²) < 4.78 is 0. The molecule has 0 aromatic heterocycles. The van der Waals surface area contributed by atoms with Gasteiger partial charge in [-0.05, 0) is 41.5 Å². The fourth-order valence-corrected chi connectivity index (χ4v) is 2.90. The average molecular weight is 331 g/mol. The molecule has 0 amide bonds. The van der Waals surface area contributed by atoms with Crippen molar-refractivity contribution in [2.45, 2.75) is 12.0 Å². The fraction of sp³-hybridized carbons (Fsp3) is 0.200. The number of hydrogen-bond donors (Lipinski definition) is 2. The van der Waals surface area contributed by atoms with Gasteiger partial charge in [0.05, 0.1) is 6.10 Å². The van der Waals surface area contributed by atoms with Crippen LogP contribution in [0.5, 0.6) is 0 Å². The second-order valence-corrected chi connectivity index (χ2v) is 5.85. The molecule has 2 nitrogen and oxygen atoms in total. The van der Waals surface area contributed by atoms with Gasteiger partial charge >= 0.3 is 0 Å². The molecular weight excluding hydrogens is 317 g/mol. The van der Waals surface area contributed by atoms with Crippen molar-refractivity contribution in [1.29, 1.82) is 0 Å². The van der Waals surface area contributed by atoms with Crippen LogP contribution in [0.3, 0.4) is 0 Å². The molecule has 0 bridgehead atoms. The lowest BCUT2D eigenvalue weighted by Gasteiger charge is -2.23. The second-order valence-electron chi connectivity index (χ2n) is 4.54. The van der Waals surface area contributed by atoms with Gasteiger partial charge in [-0.2, -0.15) is 0 Å². The van der Waals surface area contributed by atoms with Crippen LogP contribution in [0, 0.1) is 0 Å². The van der Waals surface area contributed by atoms with Crippen LogP contribution >= 0.6 is 34.8 Å². The highest BCUT2D eigenvalue weighted by Gasteiger charge is 2.22. The van der Waals surface area contributed by atoms with Crippen molar-refractivity contribution < 1.29 is 5.11 Å². The molecule has 106 valence electrons. The minimum Gasteiger partial charge on any atom is -0.388 e. The van der Waals surface area contributed by atoms with E-state index in [-0.39, 0.29) is 12.5 Å². The molecule has 0 spiro atoms. The number of aliphatic hydroxyl groups excluding tert-OH is 1. The standard InChI is InChI=1S/C15H14Cl3NO/c16-11-3-1-2-9(4-11)14(8-19)15(20)10-5-12(17)7-13(18)6-10/h1-7,14-15,20H,8,19H2. The van der Waals surface area contributed by atoms with E-state index in [2.05, 4.69) is 0 Å². The Morgan fingerprint density at radius 3 is 2.05 bits per heavy atom. The third-order valence-corrected chi connectivity index (χ3v) is 3.81. The number of nitrogens with two attached hydrogens (primary N) is 1. The monoisotopic (exact) mass is 329 g/mol. The summed E-state index contributed by atoms with van der Waals surface area (Å²) in [5.41, 5.74) is 7.32. The van der Waals surface area contributed by atoms with Crippen LogP contribution in [-0.2, 0) is 0 Å². The van der Waals surface area contributed by atoms with Crippen molar-refractivity contribution in [3.8, 4) is 0 Å². The van der Waals surface area contributed by atoms with E-state index in [9.17, 15) is 5.11 Å². The number of halogens is 3. The van der Waals surface area contributed by atoms with Crippen LogP contribution in [0.25, 0.3) is 0 Å². The Balaban J connectivity index is 2.35. The van der Waals surface area contributed by atoms with E-state index in [0.29, 0.717) is 20.6 Å². The maximum absolute atomic E-state index is 10.5. The first-order valence-electron chi connectivity index (χ1n) is 6.11. The van der Waals surface area contributed by atoms with Gasteiger partial charge in [-0.3, -0.25) is 0 Å². The largest absolute Gasteiger partial charge is 0.388 e. The highest BCUT2D eigenvalue weighted by atomic mass is 35.5. The van der Waals surface area contributed by atoms with Crippen molar-refractivity contribution in [2.24, 2.45) is 5.73 Å². The molecule has 2 unspecified atom stereocenters. The number of benzene rings is 2. The van der Waals surface area contributed by atoms with Crippen LogP contribution in [0.4, 0.5) is 0 Å². The predicted octanol–water partition coefficient (Wildman–Crippen LogP) is 4.42. The minimum absolute atomic E-state index is 0.275. The van der Waals surface area contributed by atoms with Crippen molar-refractivity contribution in [2.75, 3.05) is 6.54 Å². The van der Waals surface area contributed by atoms with Gasteiger partial charge in [0.1, 0.15) is 0 Å². The highest BCUT2D eigenvalue weighted by molar-refractivity contribution is 6.34. The molecule has 0 aliphatic heterocycles. The van der Waals surface area contributed by atoms with E-state index in [1.807, 2.05) is 12.1 Å². The molecule has 20 heavy (non-hydrogen) atoms. The molecule has 2 aromatic rings. The molecule has 3 N–H and O–H groups in total. The summed E-state index contributed by atoms with van der Waals surface area (Å²) in [6, 6.07) is 12.3. The van der Waals surface area contributed by atoms with Crippen molar-refractivity contribution in [1.82, 2.24) is 0 Å². The average Bonchev–Trinajstić information content (AvgIpc) is 2.38. The number of aliphatic hydroxyl groups is 1. The fourth-order valence-electron chi connectivity index (χ4n) is 2.16. The Kier molecular flexibility index (Phi) is 5.30. The molecule has 2 rings (SSSR count). The molecule has 2 aromatic carbocycles. The first-order chi connectivity index (χ1) is 9.51. The second kappa shape index (κ2) is 6.79. The summed E-state index contributed by atoms with van der Waals surface area (Å²) in [4.78, 5) is 0. The van der Waals surface area contributed by atoms with Crippen LogP contribution < -0.4 is 5.73 Å². The molecular formula is C15H14Cl3NO. The normalized spacial score (nSPS) is 14.1. The van der Waals surface area contributed by atoms with E-state index < -0.39 is 6.10 Å². The van der Waals surface area contributed by atoms with Crippen LogP contribution in [-0.4, -0.2) is 11.7 Å². The lowest BCUT2D eigenvalue weighted by atomic mass is 9.89. The molecule has 0 saturated carbocycles. The van der Waals surface area contributed by atoms with Crippen molar-refractivity contribution >= 4 is 34.8 Å². The van der Waals surface area contributed by atoms with Crippen LogP contribution in [0.1, 0.15) is 23.1 Å². The molecule has 0 saturated heterocycles. The maximum Gasteiger partial charge on any atom is 0.0871 e. The summed E-state index contributed by atoms with van der Waals surface area (Å²) in [7, 11) is 0. The van der Waals surface area contributed by atoms with Crippen molar-refractivity contribution in [3.63, 3.8) is 0 Å². The lowest BCUT2D eigenvalue weighted by molar-refractivity contribution is 0.147. The Labute approximate surface area is 133 Å². The van der Waals surface area contributed by atoms with Gasteiger partial charge < -0.3 is 10.8 Å². The molecule has 0 fully saturated rings. The zero-order chi connectivity index (χ0) is 14.7. The Morgan fingerprint density at radius 1 is 0.900 bits per heavy atom. The predicted molar refractivity (Wildman–Crippen MR) is 84.7 cm³/mol. The maximum atomic E-state index is 10.5. The minimum atomic E-state index is -0.797. The quantitative estimate of drug-likeness (QED) is 0.871. The van der Waals surface area contributed by atoms with Crippen LogP contribution in [0.2, 0.25) is 15.1 Å². The number of rotatable bonds is 4. The Morgan fingerprint density at radius 2 is 1.50 bits per heavy atom. The third kappa shape index (κ3) is 3.66. The zero-order valence-corrected chi connectivity index (χ0v) is 12.8. The van der Waals surface area contributed by atoms with Crippen molar-refractivity contribution in [3.05, 3.63) is 68.7 Å². The first-order valence-corrected chi connectivity index (χ1v) is 7.24. The molecule has 2 atom stereocenters. The van der Waals surface area contributed by atoms with Gasteiger partial charge in [0.2, 0.25) is 0 Å². The summed E-state index contributed by atoms with van der Waals surface area (Å²) >= 11 is 17.9. The molecule has 0 aliphatic carbocycles. The SMILES string of the molecule is NCC(c1cccc(Cl)c1)C(O)c1cc(Cl)cc(Cl)c1. The van der Waals surface area contributed by atoms with E-state index in [1.165, 1.54) is 0 Å². The molecule has 0 radical (unpaired) electrons. The zero-order valence-electron chi connectivity index (χ0n) is 10.6. The van der Waals surface area contributed by atoms with E-state index >= 15 is 0 Å².